The molecule has 0 unspecified atom stereocenters. The molecule has 0 spiro atoms. The van der Waals surface area contributed by atoms with Gasteiger partial charge in [-0.25, -0.2) is 5.43 Å². The van der Waals surface area contributed by atoms with Crippen LogP contribution in [0, 0.1) is 6.92 Å². The molecular weight excluding hydrogens is 376 g/mol. The first-order chi connectivity index (χ1) is 11.6. The summed E-state index contributed by atoms with van der Waals surface area (Å²) < 4.78 is 16.6. The lowest BCUT2D eigenvalue weighted by Gasteiger charge is -2.08. The zero-order valence-corrected chi connectivity index (χ0v) is 14.7. The Morgan fingerprint density at radius 3 is 2.79 bits per heavy atom. The number of amides is 1. The van der Waals surface area contributed by atoms with E-state index in [1.165, 1.54) is 13.3 Å². The lowest BCUT2D eigenvalue weighted by Crippen LogP contribution is -2.18. The fourth-order valence-corrected chi connectivity index (χ4v) is 2.66. The molecule has 1 amide bonds. The Morgan fingerprint density at radius 2 is 2.04 bits per heavy atom. The van der Waals surface area contributed by atoms with Gasteiger partial charge in [-0.1, -0.05) is 6.07 Å². The molecule has 2 aromatic carbocycles. The number of halogens is 1. The Labute approximate surface area is 147 Å². The third-order valence-corrected chi connectivity index (χ3v) is 4.15. The summed E-state index contributed by atoms with van der Waals surface area (Å²) in [5.74, 6) is 1.48. The average Bonchev–Trinajstić information content (AvgIpc) is 3.01. The van der Waals surface area contributed by atoms with Gasteiger partial charge < -0.3 is 14.2 Å². The number of nitrogens with zero attached hydrogens (tertiary/aromatic N) is 1. The molecule has 7 heteroatoms. The van der Waals surface area contributed by atoms with Gasteiger partial charge in [-0.3, -0.25) is 4.79 Å². The van der Waals surface area contributed by atoms with Crippen LogP contribution in [-0.4, -0.2) is 26.0 Å². The van der Waals surface area contributed by atoms with E-state index in [2.05, 4.69) is 26.5 Å². The second-order valence-corrected chi connectivity index (χ2v) is 5.98. The van der Waals surface area contributed by atoms with Gasteiger partial charge in [-0.15, -0.1) is 0 Å². The van der Waals surface area contributed by atoms with Crippen LogP contribution in [0.2, 0.25) is 0 Å². The van der Waals surface area contributed by atoms with Crippen LogP contribution in [0.15, 0.2) is 39.9 Å². The third kappa shape index (κ3) is 3.35. The van der Waals surface area contributed by atoms with Crippen molar-refractivity contribution in [3.8, 4) is 17.2 Å². The largest absolute Gasteiger partial charge is 0.496 e. The van der Waals surface area contributed by atoms with E-state index in [1.54, 1.807) is 24.3 Å². The van der Waals surface area contributed by atoms with Gasteiger partial charge in [0, 0.05) is 10.0 Å². The monoisotopic (exact) mass is 390 g/mol. The number of rotatable bonds is 4. The van der Waals surface area contributed by atoms with E-state index < -0.39 is 0 Å². The normalized spacial score (nSPS) is 12.5. The summed E-state index contributed by atoms with van der Waals surface area (Å²) in [7, 11) is 1.53. The summed E-state index contributed by atoms with van der Waals surface area (Å²) >= 11 is 3.43. The van der Waals surface area contributed by atoms with Gasteiger partial charge >= 0.3 is 0 Å². The standard InChI is InChI=1S/C17H15BrN2O4/c1-10-3-4-12(14(5-10)22-2)17(21)20-19-8-11-6-15-16(7-13(11)18)24-9-23-15/h3-8H,9H2,1-2H3,(H,20,21)/b19-8-. The Morgan fingerprint density at radius 1 is 1.29 bits per heavy atom. The fourth-order valence-electron chi connectivity index (χ4n) is 2.24. The van der Waals surface area contributed by atoms with Crippen molar-refractivity contribution < 1.29 is 19.0 Å². The number of nitrogens with one attached hydrogen (secondary N) is 1. The van der Waals surface area contributed by atoms with Crippen molar-refractivity contribution in [1.29, 1.82) is 0 Å². The number of methoxy groups -OCH3 is 1. The van der Waals surface area contributed by atoms with Crippen LogP contribution in [-0.2, 0) is 0 Å². The predicted molar refractivity (Wildman–Crippen MR) is 93.1 cm³/mol. The van der Waals surface area contributed by atoms with Crippen LogP contribution in [0.25, 0.3) is 0 Å². The molecule has 0 radical (unpaired) electrons. The Kier molecular flexibility index (Phi) is 4.71. The van der Waals surface area contributed by atoms with Crippen LogP contribution in [0.3, 0.4) is 0 Å². The Bertz CT molecular complexity index is 820. The fraction of sp³-hybridized carbons (Fsp3) is 0.176. The maximum atomic E-state index is 12.2. The minimum atomic E-state index is -0.347. The van der Waals surface area contributed by atoms with Crippen molar-refractivity contribution >= 4 is 28.1 Å². The molecule has 0 saturated heterocycles. The van der Waals surface area contributed by atoms with Crippen LogP contribution in [0.5, 0.6) is 17.2 Å². The molecule has 6 nitrogen and oxygen atoms in total. The van der Waals surface area contributed by atoms with Gasteiger partial charge in [-0.05, 0) is 52.7 Å². The molecule has 0 bridgehead atoms. The number of benzene rings is 2. The molecule has 1 N–H and O–H groups in total. The Balaban J connectivity index is 1.74. The zero-order chi connectivity index (χ0) is 17.1. The second kappa shape index (κ2) is 6.92. The van der Waals surface area contributed by atoms with E-state index in [4.69, 9.17) is 14.2 Å². The SMILES string of the molecule is COc1cc(C)ccc1C(=O)N/N=C\c1cc2c(cc1Br)OCO2. The molecule has 0 aliphatic carbocycles. The van der Waals surface area contributed by atoms with Crippen molar-refractivity contribution in [1.82, 2.24) is 5.43 Å². The first kappa shape index (κ1) is 16.3. The lowest BCUT2D eigenvalue weighted by atomic mass is 10.1. The van der Waals surface area contributed by atoms with Crippen molar-refractivity contribution in [2.75, 3.05) is 13.9 Å². The van der Waals surface area contributed by atoms with Gasteiger partial charge in [-0.2, -0.15) is 5.10 Å². The predicted octanol–water partition coefficient (Wildman–Crippen LogP) is 3.26. The highest BCUT2D eigenvalue weighted by Crippen LogP contribution is 2.36. The van der Waals surface area contributed by atoms with E-state index >= 15 is 0 Å². The minimum Gasteiger partial charge on any atom is -0.496 e. The van der Waals surface area contributed by atoms with Crippen LogP contribution >= 0.6 is 15.9 Å². The second-order valence-electron chi connectivity index (χ2n) is 5.13. The molecule has 24 heavy (non-hydrogen) atoms. The maximum Gasteiger partial charge on any atom is 0.275 e. The summed E-state index contributed by atoms with van der Waals surface area (Å²) in [5, 5.41) is 4.00. The van der Waals surface area contributed by atoms with Gasteiger partial charge in [0.05, 0.1) is 18.9 Å². The number of carbonyl (C=O) groups is 1. The maximum absolute atomic E-state index is 12.2. The third-order valence-electron chi connectivity index (χ3n) is 3.46. The quantitative estimate of drug-likeness (QED) is 0.642. The van der Waals surface area contributed by atoms with E-state index in [1.807, 2.05) is 13.0 Å². The molecule has 1 heterocycles. The topological polar surface area (TPSA) is 69.2 Å². The summed E-state index contributed by atoms with van der Waals surface area (Å²) in [6.07, 6.45) is 1.53. The summed E-state index contributed by atoms with van der Waals surface area (Å²) in [6.45, 7) is 2.13. The Hall–Kier alpha value is -2.54. The van der Waals surface area contributed by atoms with E-state index in [0.29, 0.717) is 22.8 Å². The first-order valence-electron chi connectivity index (χ1n) is 7.15. The summed E-state index contributed by atoms with van der Waals surface area (Å²) in [5.41, 5.74) is 4.69. The molecule has 0 saturated carbocycles. The molecule has 2 aromatic rings. The number of hydrogen-bond donors (Lipinski definition) is 1. The zero-order valence-electron chi connectivity index (χ0n) is 13.1. The smallest absolute Gasteiger partial charge is 0.275 e. The molecule has 0 atom stereocenters. The van der Waals surface area contributed by atoms with Crippen molar-refractivity contribution in [3.63, 3.8) is 0 Å². The lowest BCUT2D eigenvalue weighted by molar-refractivity contribution is 0.0952. The molecule has 0 aromatic heterocycles. The highest BCUT2D eigenvalue weighted by Gasteiger charge is 2.16. The number of fused-ring (bicyclic) bond motifs is 1. The van der Waals surface area contributed by atoms with Gasteiger partial charge in [0.25, 0.3) is 5.91 Å². The van der Waals surface area contributed by atoms with Crippen LogP contribution in [0.1, 0.15) is 21.5 Å². The molecule has 124 valence electrons. The molecule has 3 rings (SSSR count). The van der Waals surface area contributed by atoms with Crippen LogP contribution < -0.4 is 19.6 Å². The van der Waals surface area contributed by atoms with Gasteiger partial charge in [0.1, 0.15) is 5.75 Å². The van der Waals surface area contributed by atoms with E-state index in [0.717, 1.165) is 15.6 Å². The van der Waals surface area contributed by atoms with Crippen LogP contribution in [0.4, 0.5) is 0 Å². The number of carbonyl (C=O) groups excluding carboxylic acids is 1. The highest BCUT2D eigenvalue weighted by molar-refractivity contribution is 9.10. The average molecular weight is 391 g/mol. The van der Waals surface area contributed by atoms with Gasteiger partial charge in [0.15, 0.2) is 11.5 Å². The summed E-state index contributed by atoms with van der Waals surface area (Å²) in [4.78, 5) is 12.2. The molecule has 1 aliphatic heterocycles. The van der Waals surface area contributed by atoms with E-state index in [-0.39, 0.29) is 12.7 Å². The minimum absolute atomic E-state index is 0.201. The number of ether oxygens (including phenoxy) is 3. The molecule has 1 aliphatic rings. The number of hydrogen-bond acceptors (Lipinski definition) is 5. The number of hydrazone groups is 1. The van der Waals surface area contributed by atoms with Crippen molar-refractivity contribution in [2.24, 2.45) is 5.10 Å². The van der Waals surface area contributed by atoms with Crippen molar-refractivity contribution in [3.05, 3.63) is 51.5 Å². The highest BCUT2D eigenvalue weighted by atomic mass is 79.9. The van der Waals surface area contributed by atoms with E-state index in [9.17, 15) is 4.79 Å². The molecular formula is C17H15BrN2O4. The molecule has 0 fully saturated rings. The first-order valence-corrected chi connectivity index (χ1v) is 7.95. The van der Waals surface area contributed by atoms with Gasteiger partial charge in [0.2, 0.25) is 6.79 Å². The number of aryl methyl sites for hydroxylation is 1. The van der Waals surface area contributed by atoms with Crippen molar-refractivity contribution in [2.45, 2.75) is 6.92 Å². The summed E-state index contributed by atoms with van der Waals surface area (Å²) in [6, 6.07) is 8.93.